The van der Waals surface area contributed by atoms with E-state index in [0.717, 1.165) is 25.0 Å². The van der Waals surface area contributed by atoms with Crippen LogP contribution in [0.5, 0.6) is 0 Å². The summed E-state index contributed by atoms with van der Waals surface area (Å²) >= 11 is 0. The van der Waals surface area contributed by atoms with Gasteiger partial charge in [-0.25, -0.2) is 0 Å². The first-order valence-corrected chi connectivity index (χ1v) is 9.95. The maximum absolute atomic E-state index is 11.9. The van der Waals surface area contributed by atoms with Crippen molar-refractivity contribution < 1.29 is 4.79 Å². The highest BCUT2D eigenvalue weighted by atomic mass is 16.1. The predicted octanol–water partition coefficient (Wildman–Crippen LogP) is 4.92. The van der Waals surface area contributed by atoms with Gasteiger partial charge in [-0.1, -0.05) is 37.1 Å². The second-order valence-electron chi connectivity index (χ2n) is 8.97. The van der Waals surface area contributed by atoms with Crippen LogP contribution in [0.2, 0.25) is 0 Å². The van der Waals surface area contributed by atoms with Gasteiger partial charge in [-0.2, -0.15) is 0 Å². The van der Waals surface area contributed by atoms with Gasteiger partial charge in [0.25, 0.3) is 0 Å². The van der Waals surface area contributed by atoms with Crippen LogP contribution in [0, 0.1) is 22.7 Å². The molecule has 0 amide bonds. The number of nitrogens with zero attached hydrogens (tertiary/aromatic N) is 2. The minimum atomic E-state index is 0.0965. The van der Waals surface area contributed by atoms with Crippen molar-refractivity contribution in [2.24, 2.45) is 22.7 Å². The fraction of sp³-hybridized carbons (Fsp3) is 0.522. The van der Waals surface area contributed by atoms with Crippen molar-refractivity contribution >= 4 is 11.4 Å². The van der Waals surface area contributed by atoms with Gasteiger partial charge < -0.3 is 0 Å². The van der Waals surface area contributed by atoms with E-state index in [2.05, 4.69) is 36.0 Å². The lowest BCUT2D eigenvalue weighted by Gasteiger charge is -2.56. The number of carbonyl (C=O) groups excluding carboxylic acids is 1. The number of ketones is 1. The molecule has 2 saturated carbocycles. The molecule has 4 atom stereocenters. The third kappa shape index (κ3) is 2.09. The largest absolute Gasteiger partial charge is 0.295 e. The maximum atomic E-state index is 11.9. The highest BCUT2D eigenvalue weighted by Gasteiger charge is 2.54. The first kappa shape index (κ1) is 16.2. The summed E-state index contributed by atoms with van der Waals surface area (Å²) in [5.41, 5.74) is 5.70. The van der Waals surface area contributed by atoms with Crippen LogP contribution >= 0.6 is 0 Å². The average Bonchev–Trinajstić information content (AvgIpc) is 3.00. The molecule has 1 aromatic rings. The minimum Gasteiger partial charge on any atom is -0.295 e. The Labute approximate surface area is 155 Å². The SMILES string of the molecule is C[C@]12CCC3C(CCC4=CC(=O)CC[C@@]43C)C1=CC=C2c1cnccn1. The van der Waals surface area contributed by atoms with Crippen molar-refractivity contribution in [1.29, 1.82) is 0 Å². The topological polar surface area (TPSA) is 42.9 Å². The van der Waals surface area contributed by atoms with E-state index in [0.29, 0.717) is 17.6 Å². The van der Waals surface area contributed by atoms with Crippen LogP contribution in [-0.2, 0) is 4.79 Å². The van der Waals surface area contributed by atoms with Crippen molar-refractivity contribution in [1.82, 2.24) is 9.97 Å². The van der Waals surface area contributed by atoms with Crippen molar-refractivity contribution in [3.63, 3.8) is 0 Å². The molecule has 0 radical (unpaired) electrons. The fourth-order valence-corrected chi connectivity index (χ4v) is 6.36. The van der Waals surface area contributed by atoms with Gasteiger partial charge in [-0.15, -0.1) is 0 Å². The zero-order valence-electron chi connectivity index (χ0n) is 15.7. The quantitative estimate of drug-likeness (QED) is 0.725. The number of aromatic nitrogens is 2. The lowest BCUT2D eigenvalue weighted by atomic mass is 9.48. The average molecular weight is 346 g/mol. The number of carbonyl (C=O) groups is 1. The Bertz CT molecular complexity index is 865. The summed E-state index contributed by atoms with van der Waals surface area (Å²) in [6.07, 6.45) is 18.5. The maximum Gasteiger partial charge on any atom is 0.155 e. The molecule has 4 aliphatic carbocycles. The first-order chi connectivity index (χ1) is 12.5. The summed E-state index contributed by atoms with van der Waals surface area (Å²) in [5, 5.41) is 0. The third-order valence-corrected chi connectivity index (χ3v) is 7.84. The molecule has 2 unspecified atom stereocenters. The Balaban J connectivity index is 1.50. The predicted molar refractivity (Wildman–Crippen MR) is 102 cm³/mol. The van der Waals surface area contributed by atoms with Gasteiger partial charge in [0.15, 0.2) is 5.78 Å². The van der Waals surface area contributed by atoms with Gasteiger partial charge in [0.05, 0.1) is 11.9 Å². The Morgan fingerprint density at radius 2 is 1.96 bits per heavy atom. The summed E-state index contributed by atoms with van der Waals surface area (Å²) in [6.45, 7) is 4.83. The zero-order valence-corrected chi connectivity index (χ0v) is 15.7. The van der Waals surface area contributed by atoms with Crippen molar-refractivity contribution in [3.05, 3.63) is 53.7 Å². The van der Waals surface area contributed by atoms with Gasteiger partial charge >= 0.3 is 0 Å². The number of hydrogen-bond acceptors (Lipinski definition) is 3. The molecule has 0 N–H and O–H groups in total. The van der Waals surface area contributed by atoms with Gasteiger partial charge in [0.1, 0.15) is 0 Å². The number of fused-ring (bicyclic) bond motifs is 5. The number of hydrogen-bond donors (Lipinski definition) is 0. The van der Waals surface area contributed by atoms with E-state index in [4.69, 9.17) is 0 Å². The molecule has 0 aromatic carbocycles. The molecule has 0 spiro atoms. The lowest BCUT2D eigenvalue weighted by Crippen LogP contribution is -2.47. The molecule has 5 rings (SSSR count). The molecule has 0 saturated heterocycles. The highest BCUT2D eigenvalue weighted by Crippen LogP contribution is 2.64. The van der Waals surface area contributed by atoms with E-state index in [1.54, 1.807) is 18.0 Å². The standard InChI is InChI=1S/C23H26N2O/c1-22-9-7-16(26)13-15(22)3-4-17-18-5-6-20(21-14-24-11-12-25-21)23(18,2)10-8-19(17)22/h5-6,11-14,17,19H,3-4,7-10H2,1-2H3/t17?,19?,22-,23-/m0/s1. The fourth-order valence-electron chi connectivity index (χ4n) is 6.36. The second-order valence-corrected chi connectivity index (χ2v) is 8.97. The molecule has 4 aliphatic rings. The molecule has 2 fully saturated rings. The van der Waals surface area contributed by atoms with Crippen LogP contribution < -0.4 is 0 Å². The van der Waals surface area contributed by atoms with E-state index in [1.807, 2.05) is 12.3 Å². The molecule has 1 aromatic heterocycles. The van der Waals surface area contributed by atoms with Crippen LogP contribution in [0.15, 0.2) is 48.0 Å². The van der Waals surface area contributed by atoms with Crippen LogP contribution in [0.1, 0.15) is 58.1 Å². The van der Waals surface area contributed by atoms with Crippen LogP contribution in [0.25, 0.3) is 5.57 Å². The molecule has 26 heavy (non-hydrogen) atoms. The lowest BCUT2D eigenvalue weighted by molar-refractivity contribution is -0.116. The Morgan fingerprint density at radius 1 is 1.08 bits per heavy atom. The van der Waals surface area contributed by atoms with Crippen LogP contribution in [0.4, 0.5) is 0 Å². The summed E-state index contributed by atoms with van der Waals surface area (Å²) in [4.78, 5) is 20.8. The monoisotopic (exact) mass is 346 g/mol. The van der Waals surface area contributed by atoms with Gasteiger partial charge in [-0.05, 0) is 61.0 Å². The second kappa shape index (κ2) is 5.48. The summed E-state index contributed by atoms with van der Waals surface area (Å²) in [6, 6.07) is 0. The van der Waals surface area contributed by atoms with Crippen molar-refractivity contribution in [2.75, 3.05) is 0 Å². The molecule has 134 valence electrons. The minimum absolute atomic E-state index is 0.0965. The van der Waals surface area contributed by atoms with Gasteiger partial charge in [0, 0.05) is 24.2 Å². The van der Waals surface area contributed by atoms with Crippen LogP contribution in [-0.4, -0.2) is 15.8 Å². The Kier molecular flexibility index (Phi) is 3.41. The molecule has 3 heteroatoms. The zero-order chi connectivity index (χ0) is 17.9. The van der Waals surface area contributed by atoms with E-state index >= 15 is 0 Å². The number of rotatable bonds is 1. The molecule has 1 heterocycles. The van der Waals surface area contributed by atoms with E-state index in [-0.39, 0.29) is 10.8 Å². The van der Waals surface area contributed by atoms with E-state index in [9.17, 15) is 4.79 Å². The van der Waals surface area contributed by atoms with E-state index < -0.39 is 0 Å². The van der Waals surface area contributed by atoms with Crippen molar-refractivity contribution in [2.45, 2.75) is 52.4 Å². The Morgan fingerprint density at radius 3 is 2.77 bits per heavy atom. The summed E-state index contributed by atoms with van der Waals surface area (Å²) in [7, 11) is 0. The molecular formula is C23H26N2O. The first-order valence-electron chi connectivity index (χ1n) is 9.95. The summed E-state index contributed by atoms with van der Waals surface area (Å²) < 4.78 is 0. The Hall–Kier alpha value is -2.03. The number of allylic oxidation sites excluding steroid dienone is 6. The van der Waals surface area contributed by atoms with Gasteiger partial charge in [0.2, 0.25) is 0 Å². The van der Waals surface area contributed by atoms with E-state index in [1.165, 1.54) is 30.4 Å². The molecule has 0 aliphatic heterocycles. The summed E-state index contributed by atoms with van der Waals surface area (Å²) in [5.74, 6) is 1.64. The molecular weight excluding hydrogens is 320 g/mol. The third-order valence-electron chi connectivity index (χ3n) is 7.84. The smallest absolute Gasteiger partial charge is 0.155 e. The highest BCUT2D eigenvalue weighted by molar-refractivity contribution is 5.91. The normalized spacial score (nSPS) is 38.5. The molecule has 0 bridgehead atoms. The van der Waals surface area contributed by atoms with Crippen molar-refractivity contribution in [3.8, 4) is 0 Å². The van der Waals surface area contributed by atoms with Crippen LogP contribution in [0.3, 0.4) is 0 Å². The molecule has 3 nitrogen and oxygen atoms in total. The van der Waals surface area contributed by atoms with Gasteiger partial charge in [-0.3, -0.25) is 14.8 Å².